The number of thiophene rings is 1. The summed E-state index contributed by atoms with van der Waals surface area (Å²) in [5.41, 5.74) is 1.72. The molecule has 0 bridgehead atoms. The molecule has 1 fully saturated rings. The molecule has 4 rings (SSSR count). The number of rotatable bonds is 3. The minimum Gasteiger partial charge on any atom is -0.355 e. The van der Waals surface area contributed by atoms with Crippen molar-refractivity contribution in [3.63, 3.8) is 0 Å². The van der Waals surface area contributed by atoms with Gasteiger partial charge in [-0.05, 0) is 36.4 Å². The van der Waals surface area contributed by atoms with E-state index in [-0.39, 0.29) is 11.9 Å². The summed E-state index contributed by atoms with van der Waals surface area (Å²) in [5, 5.41) is 5.19. The first-order valence-corrected chi connectivity index (χ1v) is 8.98. The molecule has 0 spiro atoms. The number of aromatic nitrogens is 2. The van der Waals surface area contributed by atoms with Crippen LogP contribution in [0.25, 0.3) is 10.2 Å². The van der Waals surface area contributed by atoms with Crippen molar-refractivity contribution in [1.82, 2.24) is 15.3 Å². The predicted molar refractivity (Wildman–Crippen MR) is 96.6 cm³/mol. The molecule has 0 saturated carbocycles. The Balaban J connectivity index is 1.40. The smallest absolute Gasteiger partial charge is 0.251 e. The monoisotopic (exact) mass is 338 g/mol. The third kappa shape index (κ3) is 2.97. The van der Waals surface area contributed by atoms with Gasteiger partial charge in [0.05, 0.1) is 10.2 Å². The molecule has 1 aliphatic rings. The van der Waals surface area contributed by atoms with E-state index in [0.29, 0.717) is 0 Å². The Morgan fingerprint density at radius 1 is 1.12 bits per heavy atom. The average molecular weight is 338 g/mol. The van der Waals surface area contributed by atoms with Crippen LogP contribution in [0.3, 0.4) is 0 Å². The Morgan fingerprint density at radius 3 is 2.71 bits per heavy atom. The van der Waals surface area contributed by atoms with E-state index in [4.69, 9.17) is 0 Å². The average Bonchev–Trinajstić information content (AvgIpc) is 3.12. The van der Waals surface area contributed by atoms with Crippen LogP contribution in [0.15, 0.2) is 48.1 Å². The molecule has 24 heavy (non-hydrogen) atoms. The fourth-order valence-corrected chi connectivity index (χ4v) is 3.96. The minimum absolute atomic E-state index is 0.0109. The molecular formula is C18H18N4OS. The van der Waals surface area contributed by atoms with Crippen molar-refractivity contribution in [3.8, 4) is 0 Å². The van der Waals surface area contributed by atoms with Gasteiger partial charge in [-0.15, -0.1) is 11.3 Å². The van der Waals surface area contributed by atoms with E-state index in [9.17, 15) is 4.79 Å². The highest BCUT2D eigenvalue weighted by Gasteiger charge is 2.23. The zero-order valence-electron chi connectivity index (χ0n) is 13.2. The molecule has 1 saturated heterocycles. The van der Waals surface area contributed by atoms with E-state index in [2.05, 4.69) is 25.6 Å². The highest BCUT2D eigenvalue weighted by Crippen LogP contribution is 2.29. The summed E-state index contributed by atoms with van der Waals surface area (Å²) in [6, 6.07) is 11.6. The van der Waals surface area contributed by atoms with Crippen molar-refractivity contribution < 1.29 is 4.79 Å². The van der Waals surface area contributed by atoms with Gasteiger partial charge in [0.2, 0.25) is 0 Å². The normalized spacial score (nSPS) is 15.6. The van der Waals surface area contributed by atoms with E-state index < -0.39 is 0 Å². The summed E-state index contributed by atoms with van der Waals surface area (Å²) in [4.78, 5) is 23.3. The molecule has 5 nitrogen and oxygen atoms in total. The highest BCUT2D eigenvalue weighted by molar-refractivity contribution is 7.17. The van der Waals surface area contributed by atoms with Crippen LogP contribution in [-0.2, 0) is 0 Å². The second-order valence-corrected chi connectivity index (χ2v) is 6.85. The lowest BCUT2D eigenvalue weighted by atomic mass is 10.0. The quantitative estimate of drug-likeness (QED) is 0.797. The number of anilines is 1. The van der Waals surface area contributed by atoms with Gasteiger partial charge >= 0.3 is 0 Å². The molecule has 1 amide bonds. The molecule has 2 aromatic heterocycles. The Kier molecular flexibility index (Phi) is 4.13. The van der Waals surface area contributed by atoms with Crippen molar-refractivity contribution in [1.29, 1.82) is 0 Å². The van der Waals surface area contributed by atoms with Crippen molar-refractivity contribution >= 4 is 33.3 Å². The molecule has 122 valence electrons. The van der Waals surface area contributed by atoms with E-state index >= 15 is 0 Å². The molecule has 0 aliphatic carbocycles. The fourth-order valence-electron chi connectivity index (χ4n) is 3.10. The van der Waals surface area contributed by atoms with Gasteiger partial charge in [0.1, 0.15) is 12.1 Å². The molecule has 0 atom stereocenters. The molecule has 0 radical (unpaired) electrons. The lowest BCUT2D eigenvalue weighted by Gasteiger charge is -2.33. The van der Waals surface area contributed by atoms with Crippen LogP contribution in [0.4, 0.5) is 5.82 Å². The summed E-state index contributed by atoms with van der Waals surface area (Å²) in [7, 11) is 0. The maximum absolute atomic E-state index is 12.3. The number of piperidine rings is 1. The number of carbonyl (C=O) groups is 1. The number of amides is 1. The van der Waals surface area contributed by atoms with Crippen LogP contribution < -0.4 is 10.2 Å². The second kappa shape index (κ2) is 6.57. The number of nitrogens with one attached hydrogen (secondary N) is 1. The first kappa shape index (κ1) is 15.1. The van der Waals surface area contributed by atoms with Gasteiger partial charge in [0.25, 0.3) is 5.91 Å². The van der Waals surface area contributed by atoms with Crippen LogP contribution >= 0.6 is 11.3 Å². The number of hydrogen-bond donors (Lipinski definition) is 1. The van der Waals surface area contributed by atoms with Crippen molar-refractivity contribution in [2.45, 2.75) is 18.9 Å². The summed E-state index contributed by atoms with van der Waals surface area (Å²) in [6.45, 7) is 1.79. The Bertz CT molecular complexity index is 840. The highest BCUT2D eigenvalue weighted by atomic mass is 32.1. The molecule has 3 heterocycles. The molecule has 0 unspecified atom stereocenters. The lowest BCUT2D eigenvalue weighted by molar-refractivity contribution is 0.0931. The SMILES string of the molecule is O=C(NC1CCN(c2ncnc3ccsc23)CC1)c1ccccc1. The maximum Gasteiger partial charge on any atom is 0.251 e. The number of benzene rings is 1. The van der Waals surface area contributed by atoms with Gasteiger partial charge in [-0.1, -0.05) is 18.2 Å². The van der Waals surface area contributed by atoms with Crippen LogP contribution in [-0.4, -0.2) is 35.0 Å². The van der Waals surface area contributed by atoms with Crippen LogP contribution in [0.1, 0.15) is 23.2 Å². The first-order chi connectivity index (χ1) is 11.8. The van der Waals surface area contributed by atoms with Gasteiger partial charge in [-0.25, -0.2) is 9.97 Å². The largest absolute Gasteiger partial charge is 0.355 e. The number of carbonyl (C=O) groups excluding carboxylic acids is 1. The third-order valence-corrected chi connectivity index (χ3v) is 5.29. The van der Waals surface area contributed by atoms with Gasteiger partial charge in [-0.3, -0.25) is 4.79 Å². The van der Waals surface area contributed by atoms with E-state index in [1.807, 2.05) is 36.4 Å². The fraction of sp³-hybridized carbons (Fsp3) is 0.278. The topological polar surface area (TPSA) is 58.1 Å². The molecule has 3 aromatic rings. The van der Waals surface area contributed by atoms with E-state index in [1.54, 1.807) is 17.7 Å². The number of nitrogens with zero attached hydrogens (tertiary/aromatic N) is 3. The van der Waals surface area contributed by atoms with Crippen molar-refractivity contribution in [2.24, 2.45) is 0 Å². The summed E-state index contributed by atoms with van der Waals surface area (Å²) in [6.07, 6.45) is 3.48. The zero-order valence-corrected chi connectivity index (χ0v) is 14.0. The first-order valence-electron chi connectivity index (χ1n) is 8.10. The predicted octanol–water partition coefficient (Wildman–Crippen LogP) is 3.09. The van der Waals surface area contributed by atoms with Crippen LogP contribution in [0.2, 0.25) is 0 Å². The standard InChI is InChI=1S/C18H18N4OS/c23-18(13-4-2-1-3-5-13)21-14-6-9-22(10-7-14)17-16-15(8-11-24-16)19-12-20-17/h1-5,8,11-12,14H,6-7,9-10H2,(H,21,23). The Labute approximate surface area is 144 Å². The van der Waals surface area contributed by atoms with Gasteiger partial charge in [0.15, 0.2) is 0 Å². The van der Waals surface area contributed by atoms with E-state index in [1.165, 1.54) is 0 Å². The van der Waals surface area contributed by atoms with Gasteiger partial charge < -0.3 is 10.2 Å². The lowest BCUT2D eigenvalue weighted by Crippen LogP contribution is -2.45. The summed E-state index contributed by atoms with van der Waals surface area (Å²) >= 11 is 1.68. The van der Waals surface area contributed by atoms with E-state index in [0.717, 1.165) is 47.5 Å². The Morgan fingerprint density at radius 2 is 1.92 bits per heavy atom. The molecular weight excluding hydrogens is 320 g/mol. The summed E-state index contributed by atoms with van der Waals surface area (Å²) in [5.74, 6) is 1.03. The van der Waals surface area contributed by atoms with Crippen LogP contribution in [0.5, 0.6) is 0 Å². The molecule has 1 aliphatic heterocycles. The molecule has 6 heteroatoms. The van der Waals surface area contributed by atoms with Crippen molar-refractivity contribution in [3.05, 3.63) is 53.7 Å². The minimum atomic E-state index is 0.0109. The zero-order chi connectivity index (χ0) is 16.4. The molecule has 1 aromatic carbocycles. The Hall–Kier alpha value is -2.47. The third-order valence-electron chi connectivity index (χ3n) is 4.39. The maximum atomic E-state index is 12.3. The number of hydrogen-bond acceptors (Lipinski definition) is 5. The van der Waals surface area contributed by atoms with Gasteiger partial charge in [0, 0.05) is 24.7 Å². The molecule has 1 N–H and O–H groups in total. The van der Waals surface area contributed by atoms with Crippen LogP contribution in [0, 0.1) is 0 Å². The summed E-state index contributed by atoms with van der Waals surface area (Å²) < 4.78 is 1.14. The second-order valence-electron chi connectivity index (χ2n) is 5.93. The van der Waals surface area contributed by atoms with Crippen molar-refractivity contribution in [2.75, 3.05) is 18.0 Å². The number of fused-ring (bicyclic) bond motifs is 1. The van der Waals surface area contributed by atoms with Gasteiger partial charge in [-0.2, -0.15) is 0 Å².